The van der Waals surface area contributed by atoms with Gasteiger partial charge in [0.2, 0.25) is 5.91 Å². The Morgan fingerprint density at radius 1 is 1.35 bits per heavy atom. The highest BCUT2D eigenvalue weighted by atomic mass is 32.1. The average molecular weight is 332 g/mol. The second kappa shape index (κ2) is 7.16. The minimum Gasteiger partial charge on any atom is -0.381 e. The molecule has 0 atom stereocenters. The molecule has 1 aliphatic heterocycles. The van der Waals surface area contributed by atoms with Crippen LogP contribution in [0, 0.1) is 0 Å². The number of pyridine rings is 1. The zero-order chi connectivity index (χ0) is 16.1. The Bertz CT molecular complexity index is 653. The van der Waals surface area contributed by atoms with Gasteiger partial charge in [-0.25, -0.2) is 4.98 Å². The summed E-state index contributed by atoms with van der Waals surface area (Å²) in [7, 11) is 0. The van der Waals surface area contributed by atoms with E-state index < -0.39 is 5.54 Å². The van der Waals surface area contributed by atoms with Gasteiger partial charge in [0.05, 0.1) is 21.9 Å². The molecular weight excluding hydrogens is 312 g/mol. The van der Waals surface area contributed by atoms with E-state index >= 15 is 0 Å². The fourth-order valence-corrected chi connectivity index (χ4v) is 3.27. The third-order valence-electron chi connectivity index (χ3n) is 3.94. The maximum atomic E-state index is 12.2. The summed E-state index contributed by atoms with van der Waals surface area (Å²) in [6.07, 6.45) is 3.58. The average Bonchev–Trinajstić information content (AvgIpc) is 3.05. The third kappa shape index (κ3) is 3.93. The number of nitrogens with one attached hydrogen (secondary N) is 1. The van der Waals surface area contributed by atoms with Crippen molar-refractivity contribution in [2.24, 2.45) is 5.73 Å². The first-order valence-corrected chi connectivity index (χ1v) is 8.56. The molecule has 1 aliphatic rings. The molecular formula is C16H20N4O2S. The van der Waals surface area contributed by atoms with E-state index in [0.717, 1.165) is 16.4 Å². The van der Waals surface area contributed by atoms with Crippen LogP contribution in [0.4, 0.5) is 0 Å². The van der Waals surface area contributed by atoms with Gasteiger partial charge in [0.25, 0.3) is 0 Å². The molecule has 6 nitrogen and oxygen atoms in total. The largest absolute Gasteiger partial charge is 0.381 e. The number of rotatable bonds is 5. The fraction of sp³-hybridized carbons (Fsp3) is 0.438. The molecule has 0 aliphatic carbocycles. The molecule has 7 heteroatoms. The zero-order valence-electron chi connectivity index (χ0n) is 12.8. The van der Waals surface area contributed by atoms with Crippen LogP contribution in [-0.4, -0.2) is 41.2 Å². The lowest BCUT2D eigenvalue weighted by molar-refractivity contribution is -0.129. The monoisotopic (exact) mass is 332 g/mol. The summed E-state index contributed by atoms with van der Waals surface area (Å²) in [5.74, 6) is -0.0951. The van der Waals surface area contributed by atoms with E-state index in [1.807, 2.05) is 23.6 Å². The smallest absolute Gasteiger partial charge is 0.240 e. The normalized spacial score (nSPS) is 16.9. The molecule has 1 saturated heterocycles. The first-order chi connectivity index (χ1) is 11.2. The highest BCUT2D eigenvalue weighted by Crippen LogP contribution is 2.20. The molecule has 1 fully saturated rings. The van der Waals surface area contributed by atoms with E-state index in [1.165, 1.54) is 0 Å². The predicted octanol–water partition coefficient (Wildman–Crippen LogP) is 1.37. The molecule has 0 bridgehead atoms. The molecule has 0 spiro atoms. The number of nitrogens with zero attached hydrogens (tertiary/aromatic N) is 2. The van der Waals surface area contributed by atoms with Crippen LogP contribution in [0.5, 0.6) is 0 Å². The standard InChI is InChI=1S/C16H20N4O2S/c17-16(5-9-22-10-6-16)15(21)19-8-4-14-20-13(11-23-14)12-3-1-2-7-18-12/h1-3,7,11H,4-6,8-10,17H2,(H,19,21). The number of amides is 1. The summed E-state index contributed by atoms with van der Waals surface area (Å²) in [5.41, 5.74) is 7.09. The lowest BCUT2D eigenvalue weighted by Crippen LogP contribution is -2.57. The third-order valence-corrected chi connectivity index (χ3v) is 4.85. The van der Waals surface area contributed by atoms with Crippen LogP contribution in [0.2, 0.25) is 0 Å². The van der Waals surface area contributed by atoms with Gasteiger partial charge in [-0.1, -0.05) is 6.07 Å². The molecule has 23 heavy (non-hydrogen) atoms. The van der Waals surface area contributed by atoms with Crippen molar-refractivity contribution in [3.8, 4) is 11.4 Å². The number of carbonyl (C=O) groups is 1. The Labute approximate surface area is 139 Å². The summed E-state index contributed by atoms with van der Waals surface area (Å²) in [5, 5.41) is 5.89. The van der Waals surface area contributed by atoms with Crippen molar-refractivity contribution in [2.75, 3.05) is 19.8 Å². The topological polar surface area (TPSA) is 90.1 Å². The molecule has 0 radical (unpaired) electrons. The van der Waals surface area contributed by atoms with Gasteiger partial charge in [-0.15, -0.1) is 11.3 Å². The van der Waals surface area contributed by atoms with Crippen LogP contribution in [0.1, 0.15) is 17.8 Å². The number of aromatic nitrogens is 2. The maximum Gasteiger partial charge on any atom is 0.240 e. The van der Waals surface area contributed by atoms with Crippen molar-refractivity contribution in [1.82, 2.24) is 15.3 Å². The van der Waals surface area contributed by atoms with Gasteiger partial charge in [-0.05, 0) is 25.0 Å². The molecule has 2 aromatic rings. The first-order valence-electron chi connectivity index (χ1n) is 7.68. The lowest BCUT2D eigenvalue weighted by Gasteiger charge is -2.31. The van der Waals surface area contributed by atoms with Gasteiger partial charge in [0, 0.05) is 37.8 Å². The van der Waals surface area contributed by atoms with Crippen LogP contribution < -0.4 is 11.1 Å². The molecule has 3 rings (SSSR count). The molecule has 2 aromatic heterocycles. The van der Waals surface area contributed by atoms with E-state index in [2.05, 4.69) is 15.3 Å². The van der Waals surface area contributed by atoms with Gasteiger partial charge in [0.1, 0.15) is 0 Å². The summed E-state index contributed by atoms with van der Waals surface area (Å²) in [4.78, 5) is 21.1. The Morgan fingerprint density at radius 3 is 2.91 bits per heavy atom. The van der Waals surface area contributed by atoms with Crippen molar-refractivity contribution >= 4 is 17.2 Å². The lowest BCUT2D eigenvalue weighted by atomic mass is 9.90. The molecule has 0 unspecified atom stereocenters. The van der Waals surface area contributed by atoms with Gasteiger partial charge in [0.15, 0.2) is 0 Å². The predicted molar refractivity (Wildman–Crippen MR) is 89.0 cm³/mol. The molecule has 0 aromatic carbocycles. The Hall–Kier alpha value is -1.83. The highest BCUT2D eigenvalue weighted by molar-refractivity contribution is 7.09. The number of hydrogen-bond acceptors (Lipinski definition) is 6. The van der Waals surface area contributed by atoms with Crippen LogP contribution in [0.15, 0.2) is 29.8 Å². The number of ether oxygens (including phenoxy) is 1. The maximum absolute atomic E-state index is 12.2. The Morgan fingerprint density at radius 2 is 2.17 bits per heavy atom. The van der Waals surface area contributed by atoms with E-state index in [1.54, 1.807) is 17.5 Å². The van der Waals surface area contributed by atoms with Crippen LogP contribution in [-0.2, 0) is 16.0 Å². The van der Waals surface area contributed by atoms with Crippen molar-refractivity contribution < 1.29 is 9.53 Å². The number of nitrogens with two attached hydrogens (primary N) is 1. The Balaban J connectivity index is 1.51. The zero-order valence-corrected chi connectivity index (χ0v) is 13.6. The van der Waals surface area contributed by atoms with Crippen molar-refractivity contribution in [1.29, 1.82) is 0 Å². The summed E-state index contributed by atoms with van der Waals surface area (Å²) < 4.78 is 5.26. The summed E-state index contributed by atoms with van der Waals surface area (Å²) in [6, 6.07) is 5.76. The van der Waals surface area contributed by atoms with Crippen LogP contribution >= 0.6 is 11.3 Å². The van der Waals surface area contributed by atoms with Gasteiger partial charge >= 0.3 is 0 Å². The van der Waals surface area contributed by atoms with Crippen molar-refractivity contribution in [3.05, 3.63) is 34.8 Å². The van der Waals surface area contributed by atoms with Crippen LogP contribution in [0.3, 0.4) is 0 Å². The van der Waals surface area contributed by atoms with E-state index in [-0.39, 0.29) is 5.91 Å². The molecule has 122 valence electrons. The van der Waals surface area contributed by atoms with Crippen molar-refractivity contribution in [2.45, 2.75) is 24.8 Å². The van der Waals surface area contributed by atoms with E-state index in [9.17, 15) is 4.79 Å². The molecule has 0 saturated carbocycles. The summed E-state index contributed by atoms with van der Waals surface area (Å²) in [6.45, 7) is 1.63. The Kier molecular flexibility index (Phi) is 5.00. The van der Waals surface area contributed by atoms with E-state index in [4.69, 9.17) is 10.5 Å². The van der Waals surface area contributed by atoms with Gasteiger partial charge in [-0.2, -0.15) is 0 Å². The van der Waals surface area contributed by atoms with E-state index in [0.29, 0.717) is 39.0 Å². The number of hydrogen-bond donors (Lipinski definition) is 2. The molecule has 3 heterocycles. The van der Waals surface area contributed by atoms with Crippen LogP contribution in [0.25, 0.3) is 11.4 Å². The SMILES string of the molecule is NC1(C(=O)NCCc2nc(-c3ccccn3)cs2)CCOCC1. The minimum absolute atomic E-state index is 0.0951. The second-order valence-corrected chi connectivity index (χ2v) is 6.56. The minimum atomic E-state index is -0.791. The van der Waals surface area contributed by atoms with Crippen molar-refractivity contribution in [3.63, 3.8) is 0 Å². The first kappa shape index (κ1) is 16.0. The molecule has 3 N–H and O–H groups in total. The quantitative estimate of drug-likeness (QED) is 0.863. The number of carbonyl (C=O) groups excluding carboxylic acids is 1. The molecule has 1 amide bonds. The second-order valence-electron chi connectivity index (χ2n) is 5.62. The van der Waals surface area contributed by atoms with Gasteiger partial charge in [-0.3, -0.25) is 9.78 Å². The number of thiazole rings is 1. The van der Waals surface area contributed by atoms with Gasteiger partial charge < -0.3 is 15.8 Å². The highest BCUT2D eigenvalue weighted by Gasteiger charge is 2.35. The summed E-state index contributed by atoms with van der Waals surface area (Å²) >= 11 is 1.58. The fourth-order valence-electron chi connectivity index (χ4n) is 2.48.